The Labute approximate surface area is 382 Å². The van der Waals surface area contributed by atoms with E-state index in [1.807, 2.05) is 0 Å². The van der Waals surface area contributed by atoms with Gasteiger partial charge in [-0.05, 0) is 134 Å². The van der Waals surface area contributed by atoms with E-state index in [0.717, 1.165) is 56.3 Å². The van der Waals surface area contributed by atoms with E-state index in [0.29, 0.717) is 0 Å². The van der Waals surface area contributed by atoms with Gasteiger partial charge >= 0.3 is 0 Å². The molecule has 0 aliphatic heterocycles. The molecule has 1 aliphatic rings. The van der Waals surface area contributed by atoms with Crippen molar-refractivity contribution in [3.8, 4) is 22.4 Å². The van der Waals surface area contributed by atoms with Gasteiger partial charge in [-0.25, -0.2) is 4.98 Å². The van der Waals surface area contributed by atoms with E-state index in [1.165, 1.54) is 55.6 Å². The van der Waals surface area contributed by atoms with Crippen LogP contribution in [-0.2, 0) is 5.41 Å². The molecule has 10 aromatic rings. The number of aromatic nitrogens is 1. The van der Waals surface area contributed by atoms with E-state index < -0.39 is 5.41 Å². The number of nitrogens with zero attached hydrogens (tertiary/aromatic N) is 3. The molecule has 1 heterocycles. The van der Waals surface area contributed by atoms with Crippen LogP contribution in [0, 0.1) is 27.7 Å². The Morgan fingerprint density at radius 3 is 1.17 bits per heavy atom. The Morgan fingerprint density at radius 1 is 0.354 bits per heavy atom. The van der Waals surface area contributed by atoms with Crippen molar-refractivity contribution < 1.29 is 0 Å². The molecule has 0 atom stereocenters. The highest BCUT2D eigenvalue weighted by molar-refractivity contribution is 6.04. The molecule has 0 N–H and O–H groups in total. The summed E-state index contributed by atoms with van der Waals surface area (Å²) in [6, 6.07) is 82.4. The van der Waals surface area contributed by atoms with Crippen molar-refractivity contribution in [3.05, 3.63) is 269 Å². The normalized spacial score (nSPS) is 12.4. The number of hydrogen-bond acceptors (Lipinski definition) is 3. The lowest BCUT2D eigenvalue weighted by Gasteiger charge is -2.36. The molecule has 9 aromatic carbocycles. The van der Waals surface area contributed by atoms with Gasteiger partial charge in [0.25, 0.3) is 0 Å². The Hall–Kier alpha value is -8.01. The largest absolute Gasteiger partial charge is 0.311 e. The third kappa shape index (κ3) is 6.88. The summed E-state index contributed by atoms with van der Waals surface area (Å²) in [5, 5.41) is 1.14. The van der Waals surface area contributed by atoms with Gasteiger partial charge in [-0.1, -0.05) is 168 Å². The van der Waals surface area contributed by atoms with Gasteiger partial charge in [-0.2, -0.15) is 0 Å². The molecular formula is C62H49N3. The molecule has 0 unspecified atom stereocenters. The lowest BCUT2D eigenvalue weighted by atomic mass is 9.66. The zero-order valence-electron chi connectivity index (χ0n) is 37.2. The van der Waals surface area contributed by atoms with Crippen LogP contribution >= 0.6 is 0 Å². The van der Waals surface area contributed by atoms with Gasteiger partial charge in [0.2, 0.25) is 0 Å². The van der Waals surface area contributed by atoms with E-state index in [4.69, 9.17) is 4.98 Å². The summed E-state index contributed by atoms with van der Waals surface area (Å²) in [6.45, 7) is 8.56. The molecule has 65 heavy (non-hydrogen) atoms. The minimum atomic E-state index is -0.734. The third-order valence-electron chi connectivity index (χ3n) is 13.2. The Bertz CT molecular complexity index is 3070. The topological polar surface area (TPSA) is 19.4 Å². The maximum atomic E-state index is 5.59. The number of pyridine rings is 1. The molecule has 3 nitrogen and oxygen atoms in total. The van der Waals surface area contributed by atoms with Crippen molar-refractivity contribution in [2.45, 2.75) is 33.1 Å². The van der Waals surface area contributed by atoms with Crippen LogP contribution < -0.4 is 9.80 Å². The minimum Gasteiger partial charge on any atom is -0.311 e. The summed E-state index contributed by atoms with van der Waals surface area (Å²) < 4.78 is 0. The molecular weight excluding hydrogens is 787 g/mol. The minimum absolute atomic E-state index is 0.734. The van der Waals surface area contributed by atoms with Gasteiger partial charge in [0.1, 0.15) is 0 Å². The standard InChI is InChI=1S/C62H49N3/c1-42-18-30-49(31-19-42)64(50-32-20-43(2)21-33-50)53-38-26-47(27-39-53)62(48-28-40-54(41-29-48)65(51-34-22-44(3)23-35-51)52-36-24-45(4)25-37-52)57-16-10-8-14-55(57)61-60(62)59(46-12-6-5-7-13-46)56-15-9-11-17-58(56)63-61/h5-41H,1-4H3. The number of rotatable bonds is 9. The van der Waals surface area contributed by atoms with E-state index in [-0.39, 0.29) is 0 Å². The van der Waals surface area contributed by atoms with E-state index >= 15 is 0 Å². The van der Waals surface area contributed by atoms with Crippen LogP contribution in [-0.4, -0.2) is 4.98 Å². The van der Waals surface area contributed by atoms with Gasteiger partial charge in [0.15, 0.2) is 0 Å². The van der Waals surface area contributed by atoms with Crippen molar-refractivity contribution in [1.29, 1.82) is 0 Å². The molecule has 1 aliphatic carbocycles. The highest BCUT2D eigenvalue weighted by Crippen LogP contribution is 2.59. The Balaban J connectivity index is 1.18. The van der Waals surface area contributed by atoms with Gasteiger partial charge in [-0.3, -0.25) is 0 Å². The number of para-hydroxylation sites is 1. The number of fused-ring (bicyclic) bond motifs is 4. The van der Waals surface area contributed by atoms with Crippen molar-refractivity contribution in [2.75, 3.05) is 9.80 Å². The molecule has 0 spiro atoms. The van der Waals surface area contributed by atoms with Crippen molar-refractivity contribution in [1.82, 2.24) is 4.98 Å². The second kappa shape index (κ2) is 16.3. The predicted octanol–water partition coefficient (Wildman–Crippen LogP) is 16.4. The molecule has 0 saturated carbocycles. The summed E-state index contributed by atoms with van der Waals surface area (Å²) in [5.74, 6) is 0. The first-order valence-corrected chi connectivity index (χ1v) is 22.5. The van der Waals surface area contributed by atoms with Gasteiger partial charge in [-0.15, -0.1) is 0 Å². The fourth-order valence-corrected chi connectivity index (χ4v) is 9.99. The lowest BCUT2D eigenvalue weighted by molar-refractivity contribution is 0.769. The zero-order chi connectivity index (χ0) is 44.1. The highest BCUT2D eigenvalue weighted by Gasteiger charge is 2.49. The second-order valence-electron chi connectivity index (χ2n) is 17.5. The van der Waals surface area contributed by atoms with Crippen LogP contribution in [0.2, 0.25) is 0 Å². The van der Waals surface area contributed by atoms with Crippen LogP contribution in [0.1, 0.15) is 44.5 Å². The van der Waals surface area contributed by atoms with Crippen LogP contribution in [0.3, 0.4) is 0 Å². The zero-order valence-corrected chi connectivity index (χ0v) is 37.2. The second-order valence-corrected chi connectivity index (χ2v) is 17.5. The first-order chi connectivity index (χ1) is 31.9. The number of hydrogen-bond donors (Lipinski definition) is 0. The number of anilines is 6. The molecule has 0 saturated heterocycles. The summed E-state index contributed by atoms with van der Waals surface area (Å²) in [7, 11) is 0. The van der Waals surface area contributed by atoms with Gasteiger partial charge in [0, 0.05) is 50.6 Å². The molecule has 11 rings (SSSR count). The fourth-order valence-electron chi connectivity index (χ4n) is 9.99. The fraction of sp³-hybridized carbons (Fsp3) is 0.0806. The smallest absolute Gasteiger partial charge is 0.0767 e. The van der Waals surface area contributed by atoms with Crippen LogP contribution in [0.5, 0.6) is 0 Å². The Kier molecular flexibility index (Phi) is 9.97. The number of aryl methyl sites for hydroxylation is 4. The first kappa shape index (κ1) is 39.8. The van der Waals surface area contributed by atoms with Crippen molar-refractivity contribution in [3.63, 3.8) is 0 Å². The van der Waals surface area contributed by atoms with Crippen molar-refractivity contribution in [2.24, 2.45) is 0 Å². The summed E-state index contributed by atoms with van der Waals surface area (Å²) in [5.41, 5.74) is 21.1. The summed E-state index contributed by atoms with van der Waals surface area (Å²) in [4.78, 5) is 10.3. The van der Waals surface area contributed by atoms with Crippen LogP contribution in [0.4, 0.5) is 34.1 Å². The molecule has 0 bridgehead atoms. The van der Waals surface area contributed by atoms with E-state index in [2.05, 4.69) is 262 Å². The number of benzene rings is 9. The summed E-state index contributed by atoms with van der Waals surface area (Å²) >= 11 is 0. The molecule has 3 heteroatoms. The first-order valence-electron chi connectivity index (χ1n) is 22.5. The van der Waals surface area contributed by atoms with E-state index in [1.54, 1.807) is 0 Å². The molecule has 0 fully saturated rings. The molecule has 312 valence electrons. The van der Waals surface area contributed by atoms with Crippen LogP contribution in [0.15, 0.2) is 224 Å². The lowest BCUT2D eigenvalue weighted by Crippen LogP contribution is -2.29. The maximum absolute atomic E-state index is 5.59. The van der Waals surface area contributed by atoms with Crippen LogP contribution in [0.25, 0.3) is 33.3 Å². The Morgan fingerprint density at radius 2 is 0.723 bits per heavy atom. The average molecular weight is 836 g/mol. The van der Waals surface area contributed by atoms with Gasteiger partial charge < -0.3 is 9.80 Å². The SMILES string of the molecule is Cc1ccc(N(c2ccc(C)cc2)c2ccc(C3(c4ccc(N(c5ccc(C)cc5)c5ccc(C)cc5)cc4)c4ccccc4-c4nc5ccccc5c(-c5ccccc5)c43)cc2)cc1. The average Bonchev–Trinajstić information content (AvgIpc) is 3.64. The summed E-state index contributed by atoms with van der Waals surface area (Å²) in [6.07, 6.45) is 0. The third-order valence-corrected chi connectivity index (χ3v) is 13.2. The van der Waals surface area contributed by atoms with Crippen molar-refractivity contribution >= 4 is 45.0 Å². The maximum Gasteiger partial charge on any atom is 0.0767 e. The molecule has 0 radical (unpaired) electrons. The van der Waals surface area contributed by atoms with Gasteiger partial charge in [0.05, 0.1) is 16.6 Å². The highest BCUT2D eigenvalue weighted by atomic mass is 15.1. The monoisotopic (exact) mass is 835 g/mol. The quantitative estimate of drug-likeness (QED) is 0.144. The van der Waals surface area contributed by atoms with E-state index in [9.17, 15) is 0 Å². The predicted molar refractivity (Wildman–Crippen MR) is 273 cm³/mol. The molecule has 1 aromatic heterocycles. The molecule has 0 amide bonds.